The minimum atomic E-state index is -3.98. The Kier molecular flexibility index (Phi) is 8.59. The van der Waals surface area contributed by atoms with E-state index in [0.717, 1.165) is 32.7 Å². The van der Waals surface area contributed by atoms with Crippen molar-refractivity contribution in [3.8, 4) is 0 Å². The molecule has 1 saturated heterocycles. The van der Waals surface area contributed by atoms with Gasteiger partial charge in [-0.15, -0.1) is 28.2 Å². The highest BCUT2D eigenvalue weighted by molar-refractivity contribution is 8.01. The van der Waals surface area contributed by atoms with Crippen molar-refractivity contribution in [1.29, 1.82) is 0 Å². The minimum absolute atomic E-state index is 0.0158. The summed E-state index contributed by atoms with van der Waals surface area (Å²) in [6, 6.07) is 2.04. The first-order valence-corrected chi connectivity index (χ1v) is 15.5. The molecule has 4 atom stereocenters. The molecule has 2 unspecified atom stereocenters. The van der Waals surface area contributed by atoms with Gasteiger partial charge in [0.25, 0.3) is 5.91 Å². The van der Waals surface area contributed by atoms with E-state index in [9.17, 15) is 38.8 Å². The Morgan fingerprint density at radius 1 is 1.37 bits per heavy atom. The highest BCUT2D eigenvalue weighted by Crippen LogP contribution is 2.45. The zero-order chi connectivity index (χ0) is 27.6. The molecule has 4 rings (SSSR count). The van der Waals surface area contributed by atoms with Gasteiger partial charge in [0.2, 0.25) is 11.1 Å². The highest BCUT2D eigenvalue weighted by atomic mass is 32.2. The lowest BCUT2D eigenvalue weighted by Crippen LogP contribution is -2.71. The number of carbonyl (C=O) groups is 4. The van der Waals surface area contributed by atoms with Crippen molar-refractivity contribution >= 4 is 66.2 Å². The first-order valence-electron chi connectivity index (χ1n) is 10.9. The van der Waals surface area contributed by atoms with Gasteiger partial charge in [0.1, 0.15) is 23.4 Å². The molecular weight excluding hydrogens is 583 g/mol. The number of nitrogens with one attached hydrogen (secondary N) is 1. The van der Waals surface area contributed by atoms with Gasteiger partial charge in [-0.1, -0.05) is 17.8 Å². The van der Waals surface area contributed by atoms with Gasteiger partial charge >= 0.3 is 19.5 Å². The van der Waals surface area contributed by atoms with Crippen LogP contribution in [0.4, 0.5) is 0 Å². The number of carboxylic acids is 2. The Hall–Kier alpha value is -2.76. The van der Waals surface area contributed by atoms with Gasteiger partial charge in [-0.25, -0.2) is 9.48 Å². The Balaban J connectivity index is 1.46. The van der Waals surface area contributed by atoms with Crippen LogP contribution in [-0.4, -0.2) is 93.5 Å². The highest BCUT2D eigenvalue weighted by Gasteiger charge is 2.54. The number of thioether (sulfide) groups is 2. The predicted octanol–water partition coefficient (Wildman–Crippen LogP) is 0.613. The van der Waals surface area contributed by atoms with Gasteiger partial charge < -0.3 is 24.9 Å². The smallest absolute Gasteiger partial charge is 0.352 e. The van der Waals surface area contributed by atoms with Crippen molar-refractivity contribution in [3.63, 3.8) is 0 Å². The summed E-state index contributed by atoms with van der Waals surface area (Å²) in [5, 5.41) is 33.9. The second kappa shape index (κ2) is 11.5. The van der Waals surface area contributed by atoms with E-state index in [4.69, 9.17) is 4.52 Å². The monoisotopic (exact) mass is 604 g/mol. The number of amides is 2. The summed E-state index contributed by atoms with van der Waals surface area (Å²) in [6.07, 6.45) is -0.493. The number of rotatable bonds is 12. The number of β-lactam (4-membered cyclic amide) rings is 1. The predicted molar refractivity (Wildman–Crippen MR) is 134 cm³/mol. The second-order valence-electron chi connectivity index (χ2n) is 7.89. The van der Waals surface area contributed by atoms with Crippen molar-refractivity contribution in [1.82, 2.24) is 30.4 Å². The number of hydrogen-bond acceptors (Lipinski definition) is 12. The van der Waals surface area contributed by atoms with Gasteiger partial charge in [0.15, 0.2) is 5.92 Å². The molecule has 15 nitrogen and oxygen atoms in total. The minimum Gasteiger partial charge on any atom is -0.480 e. The van der Waals surface area contributed by atoms with Crippen LogP contribution in [-0.2, 0) is 34.6 Å². The Bertz CT molecular complexity index is 1330. The lowest BCUT2D eigenvalue weighted by Gasteiger charge is -2.49. The van der Waals surface area contributed by atoms with Gasteiger partial charge in [-0.05, 0) is 34.4 Å². The number of aliphatic carboxylic acids is 2. The van der Waals surface area contributed by atoms with Crippen LogP contribution >= 0.6 is 42.5 Å². The normalized spacial score (nSPS) is 21.3. The standard InChI is InChI=1S/C19H21N6O9PS3/c1-2-34-35(32,33)8-24-19(21-22-23-24)38-7-9-6-37-16-12(15(27)25(16)13(9)18(30)31)20-14(26)11(17(28)29)10-4-3-5-36-10/h3-5,11-12,16H,2,6-8H2,1H3,(H,20,26)(H,28,29)(H,30,31)(H,32,33)/t11?,12-,16-/m1/s1. The molecule has 19 heteroatoms. The second-order valence-corrected chi connectivity index (χ2v) is 12.7. The molecule has 4 N–H and O–H groups in total. The van der Waals surface area contributed by atoms with Crippen molar-refractivity contribution in [2.24, 2.45) is 0 Å². The fourth-order valence-electron chi connectivity index (χ4n) is 3.80. The van der Waals surface area contributed by atoms with E-state index in [-0.39, 0.29) is 29.0 Å². The first kappa shape index (κ1) is 28.3. The van der Waals surface area contributed by atoms with E-state index in [1.54, 1.807) is 18.4 Å². The Morgan fingerprint density at radius 3 is 2.76 bits per heavy atom. The quantitative estimate of drug-likeness (QED) is 0.113. The van der Waals surface area contributed by atoms with Gasteiger partial charge in [0.05, 0.1) is 6.61 Å². The van der Waals surface area contributed by atoms with Crippen LogP contribution in [0.5, 0.6) is 0 Å². The average molecular weight is 605 g/mol. The average Bonchev–Trinajstić information content (AvgIpc) is 3.52. The molecule has 2 aliphatic rings. The maximum absolute atomic E-state index is 12.9. The molecule has 0 spiro atoms. The number of hydrogen-bond donors (Lipinski definition) is 4. The van der Waals surface area contributed by atoms with Crippen molar-refractivity contribution in [3.05, 3.63) is 33.7 Å². The maximum Gasteiger partial charge on any atom is 0.352 e. The third kappa shape index (κ3) is 5.79. The van der Waals surface area contributed by atoms with Gasteiger partial charge in [-0.3, -0.25) is 23.8 Å². The Labute approximate surface area is 227 Å². The van der Waals surface area contributed by atoms with Crippen LogP contribution in [0.3, 0.4) is 0 Å². The molecule has 2 aromatic heterocycles. The molecule has 2 aromatic rings. The number of fused-ring (bicyclic) bond motifs is 1. The van der Waals surface area contributed by atoms with E-state index >= 15 is 0 Å². The number of tetrazole rings is 1. The van der Waals surface area contributed by atoms with Crippen molar-refractivity contribution in [2.75, 3.05) is 18.1 Å². The van der Waals surface area contributed by atoms with Gasteiger partial charge in [-0.2, -0.15) is 0 Å². The lowest BCUT2D eigenvalue weighted by molar-refractivity contribution is -0.152. The van der Waals surface area contributed by atoms with Crippen LogP contribution in [0.2, 0.25) is 0 Å². The summed E-state index contributed by atoms with van der Waals surface area (Å²) in [6.45, 7) is 1.58. The van der Waals surface area contributed by atoms with E-state index in [2.05, 4.69) is 20.8 Å². The molecule has 0 aromatic carbocycles. The van der Waals surface area contributed by atoms with E-state index in [1.807, 2.05) is 0 Å². The molecule has 0 radical (unpaired) electrons. The summed E-state index contributed by atoms with van der Waals surface area (Å²) in [5.41, 5.74) is 0.140. The van der Waals surface area contributed by atoms with Gasteiger partial charge in [0, 0.05) is 16.4 Å². The molecule has 0 bridgehead atoms. The molecule has 4 heterocycles. The van der Waals surface area contributed by atoms with Crippen LogP contribution in [0.1, 0.15) is 17.7 Å². The molecule has 0 saturated carbocycles. The van der Waals surface area contributed by atoms with Crippen molar-refractivity contribution in [2.45, 2.75) is 35.7 Å². The summed E-state index contributed by atoms with van der Waals surface area (Å²) in [5.74, 6) is -5.48. The largest absolute Gasteiger partial charge is 0.480 e. The molecule has 38 heavy (non-hydrogen) atoms. The number of nitrogens with zero attached hydrogens (tertiary/aromatic N) is 5. The van der Waals surface area contributed by atoms with Crippen molar-refractivity contribution < 1.29 is 43.4 Å². The van der Waals surface area contributed by atoms with E-state index < -0.39 is 55.0 Å². The number of aromatic nitrogens is 4. The fraction of sp³-hybridized carbons (Fsp3) is 0.421. The molecular formula is C19H21N6O9PS3. The number of thiophene rings is 1. The molecule has 2 amide bonds. The SMILES string of the molecule is CCOP(=O)(O)Cn1nnnc1SCC1=C(C(=O)O)N2C(=O)[C@@H](NC(=O)C(C(=O)O)c3cccs3)[C@H]2SC1. The molecule has 0 aliphatic carbocycles. The molecule has 204 valence electrons. The van der Waals surface area contributed by atoms with Crippen LogP contribution in [0.25, 0.3) is 0 Å². The number of carbonyl (C=O) groups excluding carboxylic acids is 2. The summed E-state index contributed by atoms with van der Waals surface area (Å²) >= 11 is 3.34. The maximum atomic E-state index is 12.9. The summed E-state index contributed by atoms with van der Waals surface area (Å²) in [4.78, 5) is 60.7. The van der Waals surface area contributed by atoms with Crippen LogP contribution < -0.4 is 5.32 Å². The zero-order valence-corrected chi connectivity index (χ0v) is 22.8. The van der Waals surface area contributed by atoms with Crippen LogP contribution in [0.15, 0.2) is 33.9 Å². The fourth-order valence-corrected chi connectivity index (χ4v) is 8.09. The molecule has 1 fully saturated rings. The lowest BCUT2D eigenvalue weighted by atomic mass is 10.0. The number of carboxylic acid groups (broad SMARTS) is 2. The van der Waals surface area contributed by atoms with E-state index in [0.29, 0.717) is 10.5 Å². The third-order valence-electron chi connectivity index (χ3n) is 5.40. The summed E-state index contributed by atoms with van der Waals surface area (Å²) in [7, 11) is -3.98. The topological polar surface area (TPSA) is 214 Å². The summed E-state index contributed by atoms with van der Waals surface area (Å²) < 4.78 is 18.0. The van der Waals surface area contributed by atoms with E-state index in [1.165, 1.54) is 17.8 Å². The first-order chi connectivity index (χ1) is 18.0. The zero-order valence-electron chi connectivity index (χ0n) is 19.5. The third-order valence-corrected chi connectivity index (χ3v) is 10.0. The Morgan fingerprint density at radius 2 is 2.13 bits per heavy atom. The molecule has 2 aliphatic heterocycles. The van der Waals surface area contributed by atoms with Crippen LogP contribution in [0, 0.1) is 0 Å².